The number of anilines is 1. The molecule has 1 aromatic rings. The Bertz CT molecular complexity index is 314. The van der Waals surface area contributed by atoms with Crippen molar-refractivity contribution in [1.82, 2.24) is 15.1 Å². The van der Waals surface area contributed by atoms with Gasteiger partial charge in [-0.2, -0.15) is 5.10 Å². The van der Waals surface area contributed by atoms with E-state index in [-0.39, 0.29) is 18.3 Å². The normalized spacial score (nSPS) is 9.62. The standard InChI is InChI=1S/C10H18N4O.ClH/c1-3-14-8-9(7-12-14)13-10(15)5-4-6-11-2;/h7-8,11H,3-6H2,1-2H3,(H,13,15);1H. The molecule has 0 aromatic carbocycles. The monoisotopic (exact) mass is 246 g/mol. The molecule has 0 aliphatic carbocycles. The minimum atomic E-state index is 0. The second-order valence-corrected chi connectivity index (χ2v) is 3.34. The number of rotatable bonds is 6. The van der Waals surface area contributed by atoms with Crippen LogP contribution in [0.3, 0.4) is 0 Å². The third-order valence-electron chi connectivity index (χ3n) is 2.07. The summed E-state index contributed by atoms with van der Waals surface area (Å²) in [4.78, 5) is 11.4. The Balaban J connectivity index is 0.00000225. The van der Waals surface area contributed by atoms with Gasteiger partial charge >= 0.3 is 0 Å². The quantitative estimate of drug-likeness (QED) is 0.743. The van der Waals surface area contributed by atoms with Crippen molar-refractivity contribution in [2.45, 2.75) is 26.3 Å². The summed E-state index contributed by atoms with van der Waals surface area (Å²) in [5.74, 6) is 0.0425. The van der Waals surface area contributed by atoms with Gasteiger partial charge in [-0.1, -0.05) is 0 Å². The molecule has 0 saturated carbocycles. The number of carbonyl (C=O) groups excluding carboxylic acids is 1. The van der Waals surface area contributed by atoms with Gasteiger partial charge in [0.05, 0.1) is 11.9 Å². The Kier molecular flexibility index (Phi) is 7.58. The molecular weight excluding hydrogens is 228 g/mol. The van der Waals surface area contributed by atoms with Gasteiger partial charge in [0.15, 0.2) is 0 Å². The van der Waals surface area contributed by atoms with E-state index in [2.05, 4.69) is 15.7 Å². The molecule has 1 heterocycles. The van der Waals surface area contributed by atoms with Crippen LogP contribution in [0, 0.1) is 0 Å². The number of halogens is 1. The molecule has 0 saturated heterocycles. The number of amides is 1. The maximum Gasteiger partial charge on any atom is 0.224 e. The van der Waals surface area contributed by atoms with E-state index in [4.69, 9.17) is 0 Å². The molecule has 0 spiro atoms. The van der Waals surface area contributed by atoms with Crippen molar-refractivity contribution in [2.75, 3.05) is 18.9 Å². The van der Waals surface area contributed by atoms with Crippen molar-refractivity contribution in [2.24, 2.45) is 0 Å². The fraction of sp³-hybridized carbons (Fsp3) is 0.600. The van der Waals surface area contributed by atoms with E-state index in [1.807, 2.05) is 20.2 Å². The Hall–Kier alpha value is -1.07. The van der Waals surface area contributed by atoms with E-state index in [9.17, 15) is 4.79 Å². The van der Waals surface area contributed by atoms with Gasteiger partial charge in [0.1, 0.15) is 0 Å². The molecule has 1 rings (SSSR count). The van der Waals surface area contributed by atoms with E-state index < -0.39 is 0 Å². The summed E-state index contributed by atoms with van der Waals surface area (Å²) in [7, 11) is 1.88. The summed E-state index contributed by atoms with van der Waals surface area (Å²) < 4.78 is 1.78. The Morgan fingerprint density at radius 2 is 2.31 bits per heavy atom. The first-order valence-electron chi connectivity index (χ1n) is 5.23. The zero-order valence-corrected chi connectivity index (χ0v) is 10.5. The zero-order chi connectivity index (χ0) is 11.1. The van der Waals surface area contributed by atoms with Crippen LogP contribution in [0.15, 0.2) is 12.4 Å². The Morgan fingerprint density at radius 3 is 2.88 bits per heavy atom. The largest absolute Gasteiger partial charge is 0.323 e. The number of aryl methyl sites for hydroxylation is 1. The number of hydrogen-bond acceptors (Lipinski definition) is 3. The van der Waals surface area contributed by atoms with Crippen LogP contribution in [0.5, 0.6) is 0 Å². The fourth-order valence-corrected chi connectivity index (χ4v) is 1.25. The van der Waals surface area contributed by atoms with Crippen LogP contribution in [-0.2, 0) is 11.3 Å². The van der Waals surface area contributed by atoms with Gasteiger partial charge in [-0.15, -0.1) is 12.4 Å². The zero-order valence-electron chi connectivity index (χ0n) is 9.69. The highest BCUT2D eigenvalue weighted by atomic mass is 35.5. The highest BCUT2D eigenvalue weighted by Gasteiger charge is 2.03. The molecule has 0 aliphatic rings. The lowest BCUT2D eigenvalue weighted by atomic mass is 10.3. The molecule has 5 nitrogen and oxygen atoms in total. The molecule has 1 aromatic heterocycles. The minimum absolute atomic E-state index is 0. The van der Waals surface area contributed by atoms with Crippen molar-refractivity contribution >= 4 is 24.0 Å². The highest BCUT2D eigenvalue weighted by molar-refractivity contribution is 5.90. The first-order chi connectivity index (χ1) is 7.26. The Morgan fingerprint density at radius 1 is 1.56 bits per heavy atom. The average Bonchev–Trinajstić information content (AvgIpc) is 2.66. The van der Waals surface area contributed by atoms with Crippen LogP contribution in [0.1, 0.15) is 19.8 Å². The van der Waals surface area contributed by atoms with Crippen LogP contribution in [0.25, 0.3) is 0 Å². The van der Waals surface area contributed by atoms with Crippen LogP contribution in [0.2, 0.25) is 0 Å². The van der Waals surface area contributed by atoms with Gasteiger partial charge in [0.25, 0.3) is 0 Å². The van der Waals surface area contributed by atoms with Gasteiger partial charge in [-0.3, -0.25) is 9.48 Å². The minimum Gasteiger partial charge on any atom is -0.323 e. The Labute approximate surface area is 102 Å². The number of nitrogens with one attached hydrogen (secondary N) is 2. The van der Waals surface area contributed by atoms with E-state index in [1.165, 1.54) is 0 Å². The van der Waals surface area contributed by atoms with Gasteiger partial charge < -0.3 is 10.6 Å². The third-order valence-corrected chi connectivity index (χ3v) is 2.07. The molecule has 0 aliphatic heterocycles. The van der Waals surface area contributed by atoms with Crippen LogP contribution in [0.4, 0.5) is 5.69 Å². The van der Waals surface area contributed by atoms with Crippen LogP contribution >= 0.6 is 12.4 Å². The topological polar surface area (TPSA) is 59.0 Å². The van der Waals surface area contributed by atoms with Crippen LogP contribution in [-0.4, -0.2) is 29.3 Å². The summed E-state index contributed by atoms with van der Waals surface area (Å²) >= 11 is 0. The van der Waals surface area contributed by atoms with E-state index in [0.717, 1.165) is 25.2 Å². The SMILES string of the molecule is CCn1cc(NC(=O)CCCNC)cn1.Cl. The van der Waals surface area contributed by atoms with Crippen molar-refractivity contribution in [3.05, 3.63) is 12.4 Å². The summed E-state index contributed by atoms with van der Waals surface area (Å²) in [6, 6.07) is 0. The molecule has 1 amide bonds. The second-order valence-electron chi connectivity index (χ2n) is 3.34. The molecule has 6 heteroatoms. The summed E-state index contributed by atoms with van der Waals surface area (Å²) in [5, 5.41) is 9.88. The van der Waals surface area contributed by atoms with E-state index in [1.54, 1.807) is 10.9 Å². The van der Waals surface area contributed by atoms with Gasteiger partial charge in [0.2, 0.25) is 5.91 Å². The van der Waals surface area contributed by atoms with Crippen molar-refractivity contribution in [3.8, 4) is 0 Å². The predicted octanol–water partition coefficient (Wildman–Crippen LogP) is 1.26. The number of carbonyl (C=O) groups is 1. The number of nitrogens with zero attached hydrogens (tertiary/aromatic N) is 2. The smallest absolute Gasteiger partial charge is 0.224 e. The molecule has 16 heavy (non-hydrogen) atoms. The fourth-order valence-electron chi connectivity index (χ4n) is 1.25. The number of hydrogen-bond donors (Lipinski definition) is 2. The van der Waals surface area contributed by atoms with Crippen LogP contribution < -0.4 is 10.6 Å². The maximum atomic E-state index is 11.4. The molecule has 0 atom stereocenters. The molecule has 0 fully saturated rings. The number of aromatic nitrogens is 2. The lowest BCUT2D eigenvalue weighted by molar-refractivity contribution is -0.116. The van der Waals surface area contributed by atoms with Gasteiger partial charge in [-0.05, 0) is 26.9 Å². The van der Waals surface area contributed by atoms with Crippen molar-refractivity contribution in [3.63, 3.8) is 0 Å². The van der Waals surface area contributed by atoms with Gasteiger partial charge in [0, 0.05) is 19.2 Å². The summed E-state index contributed by atoms with van der Waals surface area (Å²) in [6.45, 7) is 3.68. The molecule has 2 N–H and O–H groups in total. The highest BCUT2D eigenvalue weighted by Crippen LogP contribution is 2.05. The molecule has 92 valence electrons. The summed E-state index contributed by atoms with van der Waals surface area (Å²) in [5.41, 5.74) is 0.770. The lowest BCUT2D eigenvalue weighted by Gasteiger charge is -2.01. The van der Waals surface area contributed by atoms with E-state index >= 15 is 0 Å². The lowest BCUT2D eigenvalue weighted by Crippen LogP contribution is -2.14. The van der Waals surface area contributed by atoms with E-state index in [0.29, 0.717) is 6.42 Å². The van der Waals surface area contributed by atoms with Crippen molar-refractivity contribution in [1.29, 1.82) is 0 Å². The van der Waals surface area contributed by atoms with Crippen molar-refractivity contribution < 1.29 is 4.79 Å². The maximum absolute atomic E-state index is 11.4. The predicted molar refractivity (Wildman–Crippen MR) is 66.9 cm³/mol. The van der Waals surface area contributed by atoms with Gasteiger partial charge in [-0.25, -0.2) is 0 Å². The average molecular weight is 247 g/mol. The molecule has 0 unspecified atom stereocenters. The summed E-state index contributed by atoms with van der Waals surface area (Å²) in [6.07, 6.45) is 4.89. The first-order valence-corrected chi connectivity index (χ1v) is 5.23. The first kappa shape index (κ1) is 14.9. The molecule has 0 bridgehead atoms. The molecule has 0 radical (unpaired) electrons. The second kappa shape index (κ2) is 8.13. The third kappa shape index (κ3) is 5.14. The molecular formula is C10H19ClN4O.